The molecule has 0 aliphatic rings. The van der Waals surface area contributed by atoms with Crippen LogP contribution in [-0.2, 0) is 17.7 Å². The lowest BCUT2D eigenvalue weighted by Gasteiger charge is -2.27. The molecule has 1 amide bonds. The minimum atomic E-state index is -2.74. The average Bonchev–Trinajstić information content (AvgIpc) is 3.30. The van der Waals surface area contributed by atoms with Crippen molar-refractivity contribution in [1.29, 1.82) is 0 Å². The molecule has 1 aromatic heterocycles. The fraction of sp³-hybridized carbons (Fsp3) is 0.192. The van der Waals surface area contributed by atoms with Crippen molar-refractivity contribution in [2.45, 2.75) is 26.2 Å². The van der Waals surface area contributed by atoms with Crippen LogP contribution in [0.4, 0.5) is 11.5 Å². The monoisotopic (exact) mass is 539 g/mol. The Bertz CT molecular complexity index is 1360. The molecule has 2 unspecified atom stereocenters. The van der Waals surface area contributed by atoms with E-state index < -0.39 is 11.3 Å². The Kier molecular flexibility index (Phi) is 8.48. The summed E-state index contributed by atoms with van der Waals surface area (Å²) in [5.74, 6) is -0.162. The highest BCUT2D eigenvalue weighted by Crippen LogP contribution is 2.33. The first-order valence-electron chi connectivity index (χ1n) is 11.2. The van der Waals surface area contributed by atoms with Crippen LogP contribution in [0.25, 0.3) is 0 Å². The third-order valence-electron chi connectivity index (χ3n) is 5.72. The van der Waals surface area contributed by atoms with Gasteiger partial charge in [-0.3, -0.25) is 13.3 Å². The highest BCUT2D eigenvalue weighted by molar-refractivity contribution is 7.81. The third kappa shape index (κ3) is 6.17. The van der Waals surface area contributed by atoms with Crippen LogP contribution in [0.2, 0.25) is 5.02 Å². The zero-order chi connectivity index (χ0) is 25.7. The SMILES string of the molecule is Cc1ccc(C(=O)NCC(C)c2ccc(Cl)cc2)c(N(c2nsnc2Cc2ccccc2)S(=O)[O-])c1. The molecular formula is C26H24ClN4O3S2-. The van der Waals surface area contributed by atoms with E-state index in [1.165, 1.54) is 0 Å². The van der Waals surface area contributed by atoms with Gasteiger partial charge in [0.25, 0.3) is 5.91 Å². The molecule has 186 valence electrons. The van der Waals surface area contributed by atoms with Gasteiger partial charge in [0, 0.05) is 18.0 Å². The molecule has 1 N–H and O–H groups in total. The number of aryl methyl sites for hydroxylation is 1. The lowest BCUT2D eigenvalue weighted by molar-refractivity contribution is 0.0952. The second kappa shape index (κ2) is 11.7. The molecule has 36 heavy (non-hydrogen) atoms. The maximum absolute atomic E-state index is 13.2. The summed E-state index contributed by atoms with van der Waals surface area (Å²) < 4.78 is 34.6. The predicted octanol–water partition coefficient (Wildman–Crippen LogP) is 5.56. The van der Waals surface area contributed by atoms with E-state index >= 15 is 0 Å². The minimum absolute atomic E-state index is 0.0325. The molecule has 0 fully saturated rings. The van der Waals surface area contributed by atoms with E-state index in [0.29, 0.717) is 23.7 Å². The van der Waals surface area contributed by atoms with Gasteiger partial charge in [-0.25, -0.2) is 0 Å². The van der Waals surface area contributed by atoms with E-state index in [2.05, 4.69) is 14.1 Å². The Morgan fingerprint density at radius 2 is 1.83 bits per heavy atom. The van der Waals surface area contributed by atoms with Gasteiger partial charge in [0.05, 0.1) is 34.2 Å². The molecule has 0 spiro atoms. The Morgan fingerprint density at radius 3 is 2.53 bits per heavy atom. The summed E-state index contributed by atoms with van der Waals surface area (Å²) in [5, 5.41) is 3.58. The Hall–Kier alpha value is -3.11. The van der Waals surface area contributed by atoms with Crippen LogP contribution < -0.4 is 9.62 Å². The summed E-state index contributed by atoms with van der Waals surface area (Å²) >= 11 is 4.17. The normalized spacial score (nSPS) is 12.7. The zero-order valence-electron chi connectivity index (χ0n) is 19.7. The number of nitrogens with one attached hydrogen (secondary N) is 1. The van der Waals surface area contributed by atoms with E-state index in [0.717, 1.165) is 32.7 Å². The van der Waals surface area contributed by atoms with Crippen molar-refractivity contribution in [3.8, 4) is 0 Å². The second-order valence-corrected chi connectivity index (χ2v) is 10.2. The fourth-order valence-electron chi connectivity index (χ4n) is 3.77. The van der Waals surface area contributed by atoms with E-state index in [1.54, 1.807) is 18.2 Å². The number of anilines is 2. The fourth-order valence-corrected chi connectivity index (χ4v) is 5.10. The predicted molar refractivity (Wildman–Crippen MR) is 144 cm³/mol. The summed E-state index contributed by atoms with van der Waals surface area (Å²) in [6.07, 6.45) is 0.409. The zero-order valence-corrected chi connectivity index (χ0v) is 22.1. The maximum atomic E-state index is 13.2. The number of aromatic nitrogens is 2. The van der Waals surface area contributed by atoms with E-state index in [4.69, 9.17) is 11.6 Å². The standard InChI is InChI=1S/C26H25ClN4O3S2/c1-17-8-13-22(26(32)28-16-18(2)20-9-11-21(27)12-10-20)24(14-17)31(36(33)34)25-23(29-35-30-25)15-19-6-4-3-5-7-19/h3-14,18H,15-16H2,1-2H3,(H,28,32)(H,33,34)/p-1. The first-order chi connectivity index (χ1) is 17.3. The lowest BCUT2D eigenvalue weighted by atomic mass is 10.0. The van der Waals surface area contributed by atoms with Gasteiger partial charge in [0.2, 0.25) is 0 Å². The van der Waals surface area contributed by atoms with Crippen molar-refractivity contribution in [1.82, 2.24) is 14.1 Å². The van der Waals surface area contributed by atoms with Crippen LogP contribution in [0.3, 0.4) is 0 Å². The van der Waals surface area contributed by atoms with Crippen molar-refractivity contribution in [2.24, 2.45) is 0 Å². The van der Waals surface area contributed by atoms with Crippen LogP contribution in [0, 0.1) is 6.92 Å². The summed E-state index contributed by atoms with van der Waals surface area (Å²) in [6.45, 7) is 4.20. The molecule has 3 aromatic carbocycles. The summed E-state index contributed by atoms with van der Waals surface area (Å²) in [4.78, 5) is 13.2. The van der Waals surface area contributed by atoms with Gasteiger partial charge < -0.3 is 9.87 Å². The van der Waals surface area contributed by atoms with Crippen molar-refractivity contribution in [3.63, 3.8) is 0 Å². The highest BCUT2D eigenvalue weighted by Gasteiger charge is 2.24. The number of halogens is 1. The van der Waals surface area contributed by atoms with Crippen molar-refractivity contribution in [3.05, 3.63) is 106 Å². The van der Waals surface area contributed by atoms with Crippen molar-refractivity contribution < 1.29 is 13.6 Å². The maximum Gasteiger partial charge on any atom is 0.253 e. The van der Waals surface area contributed by atoms with Crippen LogP contribution in [-0.4, -0.2) is 30.0 Å². The molecule has 7 nitrogen and oxygen atoms in total. The van der Waals surface area contributed by atoms with Gasteiger partial charge in [-0.05, 0) is 53.8 Å². The van der Waals surface area contributed by atoms with Gasteiger partial charge in [-0.15, -0.1) is 0 Å². The number of hydrogen-bond acceptors (Lipinski definition) is 6. The van der Waals surface area contributed by atoms with E-state index in [-0.39, 0.29) is 28.9 Å². The summed E-state index contributed by atoms with van der Waals surface area (Å²) in [5.41, 5.74) is 3.78. The van der Waals surface area contributed by atoms with Gasteiger partial charge in [0.1, 0.15) is 5.69 Å². The molecule has 0 radical (unpaired) electrons. The molecule has 0 bridgehead atoms. The number of carbonyl (C=O) groups is 1. The lowest BCUT2D eigenvalue weighted by Crippen LogP contribution is -2.30. The van der Waals surface area contributed by atoms with Crippen molar-refractivity contribution in [2.75, 3.05) is 10.8 Å². The van der Waals surface area contributed by atoms with Crippen LogP contribution in [0.5, 0.6) is 0 Å². The summed E-state index contributed by atoms with van der Waals surface area (Å²) in [7, 11) is 0. The Balaban J connectivity index is 1.62. The molecule has 0 saturated carbocycles. The number of amides is 1. The van der Waals surface area contributed by atoms with E-state index in [9.17, 15) is 13.6 Å². The largest absolute Gasteiger partial charge is 0.755 e. The van der Waals surface area contributed by atoms with Gasteiger partial charge >= 0.3 is 0 Å². The average molecular weight is 540 g/mol. The van der Waals surface area contributed by atoms with Crippen LogP contribution in [0.1, 0.15) is 45.6 Å². The molecule has 10 heteroatoms. The molecule has 1 heterocycles. The van der Waals surface area contributed by atoms with Gasteiger partial charge in [0.15, 0.2) is 5.82 Å². The minimum Gasteiger partial charge on any atom is -0.755 e. The third-order valence-corrected chi connectivity index (χ3v) is 7.19. The van der Waals surface area contributed by atoms with Crippen LogP contribution in [0.15, 0.2) is 72.8 Å². The van der Waals surface area contributed by atoms with Gasteiger partial charge in [-0.2, -0.15) is 8.75 Å². The smallest absolute Gasteiger partial charge is 0.253 e. The molecule has 0 saturated heterocycles. The Labute approximate surface area is 221 Å². The number of benzene rings is 3. The van der Waals surface area contributed by atoms with Crippen molar-refractivity contribution >= 4 is 52.0 Å². The molecule has 4 aromatic rings. The number of rotatable bonds is 9. The molecular weight excluding hydrogens is 516 g/mol. The molecule has 0 aliphatic heterocycles. The second-order valence-electron chi connectivity index (χ2n) is 8.39. The van der Waals surface area contributed by atoms with E-state index in [1.807, 2.05) is 68.4 Å². The summed E-state index contributed by atoms with van der Waals surface area (Å²) in [6, 6.07) is 22.1. The molecule has 2 atom stereocenters. The Morgan fingerprint density at radius 1 is 1.11 bits per heavy atom. The van der Waals surface area contributed by atoms with Crippen LogP contribution >= 0.6 is 23.3 Å². The number of carbonyl (C=O) groups excluding carboxylic acids is 1. The first-order valence-corrected chi connectivity index (χ1v) is 13.4. The highest BCUT2D eigenvalue weighted by atomic mass is 35.5. The van der Waals surface area contributed by atoms with Gasteiger partial charge in [-0.1, -0.05) is 67.1 Å². The first kappa shape index (κ1) is 26.0. The molecule has 4 rings (SSSR count). The molecule has 0 aliphatic carbocycles. The topological polar surface area (TPSA) is 98.2 Å². The number of nitrogens with zero attached hydrogens (tertiary/aromatic N) is 3. The quantitative estimate of drug-likeness (QED) is 0.281. The number of hydrogen-bond donors (Lipinski definition) is 1.